The molecule has 0 spiro atoms. The minimum Gasteiger partial charge on any atom is -0.469 e. The molecular formula is C11H16N2O2. The molecule has 0 bridgehead atoms. The third-order valence-electron chi connectivity index (χ3n) is 2.16. The van der Waals surface area contributed by atoms with Crippen LogP contribution < -0.4 is 11.1 Å². The molecule has 1 aromatic rings. The summed E-state index contributed by atoms with van der Waals surface area (Å²) in [6.45, 7) is 2.51. The van der Waals surface area contributed by atoms with Gasteiger partial charge in [-0.05, 0) is 30.7 Å². The topological polar surface area (TPSA) is 64.3 Å². The number of hydrogen-bond acceptors (Lipinski definition) is 4. The fraction of sp³-hybridized carbons (Fsp3) is 0.364. The Morgan fingerprint density at radius 3 is 2.87 bits per heavy atom. The summed E-state index contributed by atoms with van der Waals surface area (Å²) < 4.78 is 4.53. The fourth-order valence-electron chi connectivity index (χ4n) is 1.20. The largest absolute Gasteiger partial charge is 0.469 e. The highest BCUT2D eigenvalue weighted by Crippen LogP contribution is 2.16. The molecule has 0 saturated carbocycles. The zero-order chi connectivity index (χ0) is 11.3. The van der Waals surface area contributed by atoms with Crippen molar-refractivity contribution in [2.45, 2.75) is 13.3 Å². The number of ether oxygens (including phenoxy) is 1. The third-order valence-corrected chi connectivity index (χ3v) is 2.16. The van der Waals surface area contributed by atoms with E-state index in [1.54, 1.807) is 0 Å². The van der Waals surface area contributed by atoms with Crippen LogP contribution in [0.4, 0.5) is 11.4 Å². The molecule has 0 aliphatic carbocycles. The highest BCUT2D eigenvalue weighted by atomic mass is 16.5. The highest BCUT2D eigenvalue weighted by Gasteiger charge is 2.00. The summed E-state index contributed by atoms with van der Waals surface area (Å²) >= 11 is 0. The van der Waals surface area contributed by atoms with Gasteiger partial charge < -0.3 is 15.8 Å². The first-order valence-electron chi connectivity index (χ1n) is 4.80. The molecule has 1 aromatic carbocycles. The van der Waals surface area contributed by atoms with E-state index >= 15 is 0 Å². The van der Waals surface area contributed by atoms with Crippen molar-refractivity contribution in [3.63, 3.8) is 0 Å². The fourth-order valence-corrected chi connectivity index (χ4v) is 1.20. The molecule has 0 aromatic heterocycles. The van der Waals surface area contributed by atoms with Crippen LogP contribution >= 0.6 is 0 Å². The Morgan fingerprint density at radius 2 is 2.27 bits per heavy atom. The SMILES string of the molecule is COC(=O)CCNc1ccc(N)c(C)c1. The highest BCUT2D eigenvalue weighted by molar-refractivity contribution is 5.70. The number of carbonyl (C=O) groups excluding carboxylic acids is 1. The molecule has 4 heteroatoms. The molecule has 4 nitrogen and oxygen atoms in total. The number of hydrogen-bond donors (Lipinski definition) is 2. The van der Waals surface area contributed by atoms with Crippen LogP contribution in [-0.2, 0) is 9.53 Å². The number of rotatable bonds is 4. The Balaban J connectivity index is 2.44. The first kappa shape index (κ1) is 11.4. The van der Waals surface area contributed by atoms with Crippen LogP contribution in [0.2, 0.25) is 0 Å². The van der Waals surface area contributed by atoms with Crippen LogP contribution in [-0.4, -0.2) is 19.6 Å². The van der Waals surface area contributed by atoms with Crippen molar-refractivity contribution in [2.75, 3.05) is 24.7 Å². The molecule has 0 radical (unpaired) electrons. The van der Waals surface area contributed by atoms with Crippen molar-refractivity contribution in [2.24, 2.45) is 0 Å². The molecule has 1 rings (SSSR count). The van der Waals surface area contributed by atoms with Gasteiger partial charge in [-0.1, -0.05) is 0 Å². The smallest absolute Gasteiger partial charge is 0.307 e. The number of esters is 1. The number of nitrogens with two attached hydrogens (primary N) is 1. The van der Waals surface area contributed by atoms with E-state index in [0.29, 0.717) is 13.0 Å². The number of nitrogen functional groups attached to an aromatic ring is 1. The lowest BCUT2D eigenvalue weighted by Crippen LogP contribution is -2.09. The molecule has 0 aliphatic rings. The maximum atomic E-state index is 10.8. The van der Waals surface area contributed by atoms with Crippen LogP contribution in [0.25, 0.3) is 0 Å². The average molecular weight is 208 g/mol. The van der Waals surface area contributed by atoms with E-state index in [4.69, 9.17) is 5.73 Å². The summed E-state index contributed by atoms with van der Waals surface area (Å²) in [5, 5.41) is 3.12. The second-order valence-corrected chi connectivity index (χ2v) is 3.32. The Labute approximate surface area is 89.4 Å². The number of nitrogens with one attached hydrogen (secondary N) is 1. The molecule has 0 fully saturated rings. The van der Waals surface area contributed by atoms with Gasteiger partial charge in [-0.2, -0.15) is 0 Å². The number of methoxy groups -OCH3 is 1. The third kappa shape index (κ3) is 3.50. The Morgan fingerprint density at radius 1 is 1.53 bits per heavy atom. The molecule has 15 heavy (non-hydrogen) atoms. The lowest BCUT2D eigenvalue weighted by Gasteiger charge is -2.07. The lowest BCUT2D eigenvalue weighted by molar-refractivity contribution is -0.140. The monoisotopic (exact) mass is 208 g/mol. The maximum Gasteiger partial charge on any atom is 0.307 e. The van der Waals surface area contributed by atoms with Gasteiger partial charge in [0.25, 0.3) is 0 Å². The zero-order valence-electron chi connectivity index (χ0n) is 9.04. The lowest BCUT2D eigenvalue weighted by atomic mass is 10.2. The van der Waals surface area contributed by atoms with Crippen molar-refractivity contribution < 1.29 is 9.53 Å². The van der Waals surface area contributed by atoms with Crippen LogP contribution in [0.5, 0.6) is 0 Å². The van der Waals surface area contributed by atoms with E-state index in [2.05, 4.69) is 10.1 Å². The Kier molecular flexibility index (Phi) is 3.97. The predicted molar refractivity (Wildman–Crippen MR) is 60.7 cm³/mol. The van der Waals surface area contributed by atoms with E-state index in [9.17, 15) is 4.79 Å². The van der Waals surface area contributed by atoms with E-state index in [-0.39, 0.29) is 5.97 Å². The first-order valence-corrected chi connectivity index (χ1v) is 4.80. The molecule has 0 aliphatic heterocycles. The molecule has 0 heterocycles. The predicted octanol–water partition coefficient (Wildman–Crippen LogP) is 1.55. The van der Waals surface area contributed by atoms with Gasteiger partial charge in [-0.3, -0.25) is 4.79 Å². The zero-order valence-corrected chi connectivity index (χ0v) is 9.04. The normalized spacial score (nSPS) is 9.73. The average Bonchev–Trinajstić information content (AvgIpc) is 2.23. The van der Waals surface area contributed by atoms with Gasteiger partial charge in [0, 0.05) is 17.9 Å². The number of aryl methyl sites for hydroxylation is 1. The van der Waals surface area contributed by atoms with Crippen molar-refractivity contribution in [1.82, 2.24) is 0 Å². The van der Waals surface area contributed by atoms with E-state index in [1.807, 2.05) is 25.1 Å². The van der Waals surface area contributed by atoms with Crippen LogP contribution in [0, 0.1) is 6.92 Å². The van der Waals surface area contributed by atoms with Crippen LogP contribution in [0.15, 0.2) is 18.2 Å². The first-order chi connectivity index (χ1) is 7.13. The minimum absolute atomic E-state index is 0.213. The van der Waals surface area contributed by atoms with E-state index in [0.717, 1.165) is 16.9 Å². The molecule has 0 saturated heterocycles. The summed E-state index contributed by atoms with van der Waals surface area (Å²) in [4.78, 5) is 10.8. The van der Waals surface area contributed by atoms with E-state index < -0.39 is 0 Å². The Bertz CT molecular complexity index is 350. The number of benzene rings is 1. The van der Waals surface area contributed by atoms with Gasteiger partial charge in [0.2, 0.25) is 0 Å². The maximum absolute atomic E-state index is 10.8. The van der Waals surface area contributed by atoms with Gasteiger partial charge >= 0.3 is 5.97 Å². The summed E-state index contributed by atoms with van der Waals surface area (Å²) in [6, 6.07) is 5.68. The second kappa shape index (κ2) is 5.24. The summed E-state index contributed by atoms with van der Waals surface area (Å²) in [6.07, 6.45) is 0.361. The second-order valence-electron chi connectivity index (χ2n) is 3.32. The summed E-state index contributed by atoms with van der Waals surface area (Å²) in [5.74, 6) is -0.213. The molecule has 0 unspecified atom stereocenters. The number of anilines is 2. The van der Waals surface area contributed by atoms with Gasteiger partial charge in [0.1, 0.15) is 0 Å². The van der Waals surface area contributed by atoms with Gasteiger partial charge in [-0.15, -0.1) is 0 Å². The van der Waals surface area contributed by atoms with Crippen molar-refractivity contribution in [3.05, 3.63) is 23.8 Å². The quantitative estimate of drug-likeness (QED) is 0.582. The standard InChI is InChI=1S/C11H16N2O2/c1-8-7-9(3-4-10(8)12)13-6-5-11(14)15-2/h3-4,7,13H,5-6,12H2,1-2H3. The molecule has 3 N–H and O–H groups in total. The van der Waals surface area contributed by atoms with Gasteiger partial charge in [-0.25, -0.2) is 0 Å². The molecule has 82 valence electrons. The van der Waals surface area contributed by atoms with Crippen molar-refractivity contribution in [1.29, 1.82) is 0 Å². The minimum atomic E-state index is -0.213. The summed E-state index contributed by atoms with van der Waals surface area (Å²) in [5.41, 5.74) is 8.45. The van der Waals surface area contributed by atoms with Crippen molar-refractivity contribution in [3.8, 4) is 0 Å². The van der Waals surface area contributed by atoms with Crippen LogP contribution in [0.3, 0.4) is 0 Å². The van der Waals surface area contributed by atoms with E-state index in [1.165, 1.54) is 7.11 Å². The van der Waals surface area contributed by atoms with Crippen molar-refractivity contribution >= 4 is 17.3 Å². The Hall–Kier alpha value is -1.71. The van der Waals surface area contributed by atoms with Gasteiger partial charge in [0.05, 0.1) is 13.5 Å². The van der Waals surface area contributed by atoms with Gasteiger partial charge in [0.15, 0.2) is 0 Å². The summed E-state index contributed by atoms with van der Waals surface area (Å²) in [7, 11) is 1.38. The molecular weight excluding hydrogens is 192 g/mol. The van der Waals surface area contributed by atoms with Crippen LogP contribution in [0.1, 0.15) is 12.0 Å². The molecule has 0 amide bonds. The number of carbonyl (C=O) groups is 1. The molecule has 0 atom stereocenters.